The number of nitrogens with zero attached hydrogens (tertiary/aromatic N) is 4. The van der Waals surface area contributed by atoms with E-state index in [1.54, 1.807) is 28.9 Å². The number of para-hydroxylation sites is 1. The smallest absolute Gasteiger partial charge is 0.163 e. The number of ketones is 1. The zero-order valence-electron chi connectivity index (χ0n) is 11.7. The highest BCUT2D eigenvalue weighted by atomic mass is 35.5. The zero-order valence-corrected chi connectivity index (χ0v) is 12.4. The molecule has 0 N–H and O–H groups in total. The number of aryl methyl sites for hydroxylation is 1. The maximum atomic E-state index is 12.2. The summed E-state index contributed by atoms with van der Waals surface area (Å²) in [6.07, 6.45) is 0.792. The molecule has 0 fully saturated rings. The average Bonchev–Trinajstić information content (AvgIpc) is 3.02. The van der Waals surface area contributed by atoms with Gasteiger partial charge in [-0.15, -0.1) is 5.10 Å². The molecule has 0 aliphatic rings. The van der Waals surface area contributed by atoms with Crippen molar-refractivity contribution in [1.29, 1.82) is 0 Å². The van der Waals surface area contributed by atoms with Crippen molar-refractivity contribution in [3.05, 3.63) is 71.0 Å². The molecule has 0 radical (unpaired) electrons. The normalized spacial score (nSPS) is 10.6. The van der Waals surface area contributed by atoms with E-state index >= 15 is 0 Å². The Morgan fingerprint density at radius 2 is 1.91 bits per heavy atom. The van der Waals surface area contributed by atoms with E-state index in [2.05, 4.69) is 15.5 Å². The first kappa shape index (κ1) is 14.4. The second-order valence-corrected chi connectivity index (χ2v) is 5.21. The summed E-state index contributed by atoms with van der Waals surface area (Å²) in [5.41, 5.74) is 1.48. The quantitative estimate of drug-likeness (QED) is 0.679. The summed E-state index contributed by atoms with van der Waals surface area (Å²) < 4.78 is 1.64. The number of tetrazole rings is 1. The Morgan fingerprint density at radius 3 is 2.68 bits per heavy atom. The second kappa shape index (κ2) is 6.49. The van der Waals surface area contributed by atoms with Crippen molar-refractivity contribution in [3.63, 3.8) is 0 Å². The van der Waals surface area contributed by atoms with E-state index in [4.69, 9.17) is 11.6 Å². The number of carbonyl (C=O) groups excluding carboxylic acids is 1. The topological polar surface area (TPSA) is 60.7 Å². The minimum absolute atomic E-state index is 0.0186. The predicted octanol–water partition coefficient (Wildman–Crippen LogP) is 3.13. The molecule has 3 rings (SSSR count). The first-order valence-electron chi connectivity index (χ1n) is 6.85. The molecule has 0 atom stereocenters. The van der Waals surface area contributed by atoms with Gasteiger partial charge in [0, 0.05) is 23.4 Å². The number of aromatic nitrogens is 4. The van der Waals surface area contributed by atoms with Crippen LogP contribution in [0.1, 0.15) is 22.6 Å². The number of halogens is 1. The molecule has 1 heterocycles. The fraction of sp³-hybridized carbons (Fsp3) is 0.125. The number of rotatable bonds is 5. The van der Waals surface area contributed by atoms with E-state index in [0.717, 1.165) is 5.69 Å². The molecule has 0 saturated carbocycles. The van der Waals surface area contributed by atoms with E-state index in [-0.39, 0.29) is 5.78 Å². The molecular weight excluding hydrogens is 300 g/mol. The maximum Gasteiger partial charge on any atom is 0.163 e. The third-order valence-corrected chi connectivity index (χ3v) is 3.49. The molecule has 0 aliphatic heterocycles. The molecule has 1 aromatic heterocycles. The zero-order chi connectivity index (χ0) is 15.4. The van der Waals surface area contributed by atoms with E-state index < -0.39 is 0 Å². The van der Waals surface area contributed by atoms with Crippen molar-refractivity contribution in [2.75, 3.05) is 0 Å². The minimum atomic E-state index is 0.0186. The van der Waals surface area contributed by atoms with E-state index in [9.17, 15) is 4.79 Å². The van der Waals surface area contributed by atoms with Crippen LogP contribution in [0.3, 0.4) is 0 Å². The number of carbonyl (C=O) groups is 1. The number of Topliss-reactive ketones (excluding diaryl/α,β-unsaturated/α-hetero) is 1. The number of benzene rings is 2. The van der Waals surface area contributed by atoms with Gasteiger partial charge in [0.2, 0.25) is 0 Å². The van der Waals surface area contributed by atoms with Crippen LogP contribution in [-0.2, 0) is 6.42 Å². The molecule has 3 aromatic rings. The van der Waals surface area contributed by atoms with Crippen molar-refractivity contribution in [2.24, 2.45) is 0 Å². The second-order valence-electron chi connectivity index (χ2n) is 4.78. The molecule has 0 spiro atoms. The molecule has 0 aliphatic carbocycles. The molecule has 0 saturated heterocycles. The summed E-state index contributed by atoms with van der Waals surface area (Å²) >= 11 is 5.91. The van der Waals surface area contributed by atoms with Gasteiger partial charge in [0.25, 0.3) is 0 Å². The first-order chi connectivity index (χ1) is 10.7. The molecule has 0 unspecified atom stereocenters. The van der Waals surface area contributed by atoms with Crippen LogP contribution in [0.15, 0.2) is 54.6 Å². The number of hydrogen-bond donors (Lipinski definition) is 0. The van der Waals surface area contributed by atoms with Gasteiger partial charge < -0.3 is 0 Å². The van der Waals surface area contributed by atoms with Crippen molar-refractivity contribution in [1.82, 2.24) is 20.2 Å². The largest absolute Gasteiger partial charge is 0.294 e. The van der Waals surface area contributed by atoms with Gasteiger partial charge in [0.05, 0.1) is 5.69 Å². The van der Waals surface area contributed by atoms with Crippen LogP contribution in [0.4, 0.5) is 0 Å². The van der Waals surface area contributed by atoms with Gasteiger partial charge in [-0.2, -0.15) is 4.68 Å². The monoisotopic (exact) mass is 312 g/mol. The van der Waals surface area contributed by atoms with Gasteiger partial charge >= 0.3 is 0 Å². The molecule has 22 heavy (non-hydrogen) atoms. The third-order valence-electron chi connectivity index (χ3n) is 3.26. The fourth-order valence-electron chi connectivity index (χ4n) is 2.16. The maximum absolute atomic E-state index is 12.2. The summed E-state index contributed by atoms with van der Waals surface area (Å²) in [7, 11) is 0. The van der Waals surface area contributed by atoms with E-state index in [0.29, 0.717) is 29.3 Å². The van der Waals surface area contributed by atoms with Crippen molar-refractivity contribution in [3.8, 4) is 5.69 Å². The molecule has 110 valence electrons. The molecule has 2 aromatic carbocycles. The summed E-state index contributed by atoms with van der Waals surface area (Å²) in [6, 6.07) is 16.5. The third kappa shape index (κ3) is 3.20. The fourth-order valence-corrected chi connectivity index (χ4v) is 2.35. The summed E-state index contributed by atoms with van der Waals surface area (Å²) in [6.45, 7) is 0. The van der Waals surface area contributed by atoms with Gasteiger partial charge in [0.1, 0.15) is 0 Å². The van der Waals surface area contributed by atoms with Crippen LogP contribution >= 0.6 is 11.6 Å². The Hall–Kier alpha value is -2.53. The highest BCUT2D eigenvalue weighted by Crippen LogP contribution is 2.14. The lowest BCUT2D eigenvalue weighted by Crippen LogP contribution is -2.07. The lowest BCUT2D eigenvalue weighted by Gasteiger charge is -2.04. The summed E-state index contributed by atoms with van der Waals surface area (Å²) in [5.74, 6) is 0.673. The van der Waals surface area contributed by atoms with Crippen LogP contribution in [0, 0.1) is 0 Å². The average molecular weight is 313 g/mol. The highest BCUT2D eigenvalue weighted by Gasteiger charge is 2.12. The summed E-state index contributed by atoms with van der Waals surface area (Å²) in [4.78, 5) is 12.2. The Kier molecular flexibility index (Phi) is 4.25. The lowest BCUT2D eigenvalue weighted by molar-refractivity contribution is 0.0982. The molecule has 5 nitrogen and oxygen atoms in total. The molecular formula is C16H13ClN4O. The van der Waals surface area contributed by atoms with Gasteiger partial charge in [-0.25, -0.2) is 0 Å². The standard InChI is InChI=1S/C16H13ClN4O/c17-13-6-4-5-12(11-13)15(22)9-10-16-18-19-20-21(16)14-7-2-1-3-8-14/h1-8,11H,9-10H2. The highest BCUT2D eigenvalue weighted by molar-refractivity contribution is 6.31. The van der Waals surface area contributed by atoms with Crippen LogP contribution < -0.4 is 0 Å². The lowest BCUT2D eigenvalue weighted by atomic mass is 10.1. The van der Waals surface area contributed by atoms with Gasteiger partial charge in [-0.3, -0.25) is 4.79 Å². The van der Waals surface area contributed by atoms with Gasteiger partial charge in [0.15, 0.2) is 11.6 Å². The Labute approximate surface area is 132 Å². The Morgan fingerprint density at radius 1 is 1.09 bits per heavy atom. The summed E-state index contributed by atoms with van der Waals surface area (Å²) in [5, 5.41) is 12.2. The van der Waals surface area contributed by atoms with Gasteiger partial charge in [-0.05, 0) is 34.7 Å². The minimum Gasteiger partial charge on any atom is -0.294 e. The first-order valence-corrected chi connectivity index (χ1v) is 7.23. The van der Waals surface area contributed by atoms with Gasteiger partial charge in [-0.1, -0.05) is 41.9 Å². The van der Waals surface area contributed by atoms with Crippen molar-refractivity contribution in [2.45, 2.75) is 12.8 Å². The van der Waals surface area contributed by atoms with Crippen LogP contribution in [0.5, 0.6) is 0 Å². The predicted molar refractivity (Wildman–Crippen MR) is 83.3 cm³/mol. The SMILES string of the molecule is O=C(CCc1nnnn1-c1ccccc1)c1cccc(Cl)c1. The Balaban J connectivity index is 1.73. The van der Waals surface area contributed by atoms with Crippen molar-refractivity contribution < 1.29 is 4.79 Å². The molecule has 0 bridgehead atoms. The van der Waals surface area contributed by atoms with E-state index in [1.165, 1.54) is 0 Å². The van der Waals surface area contributed by atoms with E-state index in [1.807, 2.05) is 30.3 Å². The Bertz CT molecular complexity index is 786. The molecule has 6 heteroatoms. The van der Waals surface area contributed by atoms with Crippen molar-refractivity contribution >= 4 is 17.4 Å². The van der Waals surface area contributed by atoms with Crippen LogP contribution in [-0.4, -0.2) is 26.0 Å². The molecule has 0 amide bonds. The van der Waals surface area contributed by atoms with Crippen LogP contribution in [0.2, 0.25) is 5.02 Å². The van der Waals surface area contributed by atoms with Crippen LogP contribution in [0.25, 0.3) is 5.69 Å². The number of hydrogen-bond acceptors (Lipinski definition) is 4.